The van der Waals surface area contributed by atoms with Crippen LogP contribution in [-0.2, 0) is 0 Å². The lowest BCUT2D eigenvalue weighted by Gasteiger charge is -2.22. The zero-order valence-electron chi connectivity index (χ0n) is 13.9. The lowest BCUT2D eigenvalue weighted by molar-refractivity contribution is 0.242. The van der Waals surface area contributed by atoms with Gasteiger partial charge in [-0.15, -0.1) is 0 Å². The van der Waals surface area contributed by atoms with Crippen LogP contribution in [0.3, 0.4) is 0 Å². The highest BCUT2D eigenvalue weighted by Crippen LogP contribution is 2.26. The highest BCUT2D eigenvalue weighted by molar-refractivity contribution is 5.29. The predicted octanol–water partition coefficient (Wildman–Crippen LogP) is 3.61. The molecule has 1 N–H and O–H groups in total. The van der Waals surface area contributed by atoms with Crippen molar-refractivity contribution in [3.8, 4) is 5.75 Å². The quantitative estimate of drug-likeness (QED) is 0.752. The first-order valence-electron chi connectivity index (χ1n) is 8.34. The lowest BCUT2D eigenvalue weighted by atomic mass is 10.1. The molecule has 1 unspecified atom stereocenters. The zero-order chi connectivity index (χ0) is 15.2. The van der Waals surface area contributed by atoms with E-state index in [4.69, 9.17) is 4.74 Å². The van der Waals surface area contributed by atoms with Gasteiger partial charge in [0.1, 0.15) is 5.75 Å². The third-order valence-electron chi connectivity index (χ3n) is 4.07. The largest absolute Gasteiger partial charge is 0.491 e. The summed E-state index contributed by atoms with van der Waals surface area (Å²) in [5.41, 5.74) is 1.32. The molecule has 0 amide bonds. The van der Waals surface area contributed by atoms with Crippen molar-refractivity contribution >= 4 is 0 Å². The fourth-order valence-electron chi connectivity index (χ4n) is 2.69. The Hall–Kier alpha value is -1.06. The van der Waals surface area contributed by atoms with Crippen molar-refractivity contribution in [2.75, 3.05) is 19.6 Å². The van der Waals surface area contributed by atoms with E-state index in [9.17, 15) is 0 Å². The first-order chi connectivity index (χ1) is 10.1. The van der Waals surface area contributed by atoms with E-state index in [-0.39, 0.29) is 6.10 Å². The second-order valence-corrected chi connectivity index (χ2v) is 6.27. The number of hydrogen-bond donors (Lipinski definition) is 1. The molecule has 1 aromatic carbocycles. The molecule has 0 aliphatic heterocycles. The molecule has 0 spiro atoms. The summed E-state index contributed by atoms with van der Waals surface area (Å²) >= 11 is 0. The van der Waals surface area contributed by atoms with Gasteiger partial charge in [0.25, 0.3) is 0 Å². The van der Waals surface area contributed by atoms with Gasteiger partial charge >= 0.3 is 0 Å². The van der Waals surface area contributed by atoms with Gasteiger partial charge in [-0.3, -0.25) is 4.90 Å². The maximum atomic E-state index is 5.68. The van der Waals surface area contributed by atoms with Crippen molar-refractivity contribution in [3.05, 3.63) is 29.8 Å². The topological polar surface area (TPSA) is 24.5 Å². The smallest absolute Gasteiger partial charge is 0.119 e. The number of likely N-dealkylation sites (N-methyl/N-ethyl adjacent to an activating group) is 1. The van der Waals surface area contributed by atoms with E-state index in [1.807, 2.05) is 0 Å². The summed E-state index contributed by atoms with van der Waals surface area (Å²) in [4.78, 5) is 2.58. The fraction of sp³-hybridized carbons (Fsp3) is 0.667. The first-order valence-corrected chi connectivity index (χ1v) is 8.34. The molecule has 0 aromatic heterocycles. The molecule has 1 aromatic rings. The minimum atomic E-state index is 0.230. The number of nitrogens with zero attached hydrogens (tertiary/aromatic N) is 1. The van der Waals surface area contributed by atoms with Crippen molar-refractivity contribution in [2.24, 2.45) is 0 Å². The molecule has 0 radical (unpaired) electrons. The third-order valence-corrected chi connectivity index (χ3v) is 4.07. The van der Waals surface area contributed by atoms with Crippen LogP contribution in [0.5, 0.6) is 5.75 Å². The van der Waals surface area contributed by atoms with E-state index in [1.54, 1.807) is 0 Å². The minimum absolute atomic E-state index is 0.230. The second-order valence-electron chi connectivity index (χ2n) is 6.27. The van der Waals surface area contributed by atoms with Gasteiger partial charge in [0.15, 0.2) is 0 Å². The molecular weight excluding hydrogens is 260 g/mol. The van der Waals surface area contributed by atoms with Gasteiger partial charge in [0, 0.05) is 25.2 Å². The molecule has 0 bridgehead atoms. The van der Waals surface area contributed by atoms with Crippen molar-refractivity contribution in [3.63, 3.8) is 0 Å². The molecule has 1 aliphatic rings. The Bertz CT molecular complexity index is 412. The number of hydrogen-bond acceptors (Lipinski definition) is 3. The molecule has 118 valence electrons. The van der Waals surface area contributed by atoms with Crippen LogP contribution in [0.15, 0.2) is 24.3 Å². The average molecular weight is 290 g/mol. The van der Waals surface area contributed by atoms with Crippen LogP contribution in [0, 0.1) is 0 Å². The molecule has 1 fully saturated rings. The molecular formula is C18H30N2O. The van der Waals surface area contributed by atoms with Crippen LogP contribution >= 0.6 is 0 Å². The van der Waals surface area contributed by atoms with E-state index < -0.39 is 0 Å². The van der Waals surface area contributed by atoms with E-state index in [1.165, 1.54) is 24.9 Å². The summed E-state index contributed by atoms with van der Waals surface area (Å²) in [5.74, 6) is 0.951. The number of ether oxygens (including phenoxy) is 1. The van der Waals surface area contributed by atoms with Gasteiger partial charge in [0.05, 0.1) is 6.10 Å². The highest BCUT2D eigenvalue weighted by atomic mass is 16.5. The molecule has 0 saturated heterocycles. The molecule has 1 aliphatic carbocycles. The van der Waals surface area contributed by atoms with Crippen LogP contribution in [0.2, 0.25) is 0 Å². The summed E-state index contributed by atoms with van der Waals surface area (Å²) in [7, 11) is 0. The Kier molecular flexibility index (Phi) is 6.07. The van der Waals surface area contributed by atoms with Crippen LogP contribution in [0.25, 0.3) is 0 Å². The normalized spacial score (nSPS) is 16.5. The number of benzene rings is 1. The van der Waals surface area contributed by atoms with E-state index in [0.717, 1.165) is 24.9 Å². The summed E-state index contributed by atoms with van der Waals surface area (Å²) < 4.78 is 5.68. The minimum Gasteiger partial charge on any atom is -0.491 e. The van der Waals surface area contributed by atoms with E-state index >= 15 is 0 Å². The summed E-state index contributed by atoms with van der Waals surface area (Å²) in [6, 6.07) is 9.70. The monoisotopic (exact) mass is 290 g/mol. The highest BCUT2D eigenvalue weighted by Gasteiger charge is 2.27. The van der Waals surface area contributed by atoms with Gasteiger partial charge in [-0.2, -0.15) is 0 Å². The van der Waals surface area contributed by atoms with Gasteiger partial charge in [-0.05, 0) is 57.9 Å². The number of rotatable bonds is 9. The Morgan fingerprint density at radius 3 is 2.38 bits per heavy atom. The Balaban J connectivity index is 1.75. The molecule has 3 heteroatoms. The summed E-state index contributed by atoms with van der Waals surface area (Å²) in [6.45, 7) is 12.0. The molecule has 1 atom stereocenters. The van der Waals surface area contributed by atoms with Gasteiger partial charge in [0.2, 0.25) is 0 Å². The second kappa shape index (κ2) is 7.81. The van der Waals surface area contributed by atoms with Crippen LogP contribution in [-0.4, -0.2) is 36.7 Å². The predicted molar refractivity (Wildman–Crippen MR) is 88.9 cm³/mol. The molecule has 2 rings (SSSR count). The molecule has 3 nitrogen and oxygen atoms in total. The maximum absolute atomic E-state index is 5.68. The summed E-state index contributed by atoms with van der Waals surface area (Å²) in [6.07, 6.45) is 3.01. The van der Waals surface area contributed by atoms with Crippen LogP contribution in [0.1, 0.15) is 52.1 Å². The fourth-order valence-corrected chi connectivity index (χ4v) is 2.69. The van der Waals surface area contributed by atoms with E-state index in [0.29, 0.717) is 6.04 Å². The van der Waals surface area contributed by atoms with E-state index in [2.05, 4.69) is 62.2 Å². The molecule has 1 saturated carbocycles. The van der Waals surface area contributed by atoms with Crippen molar-refractivity contribution in [1.82, 2.24) is 10.2 Å². The maximum Gasteiger partial charge on any atom is 0.119 e. The van der Waals surface area contributed by atoms with Crippen LogP contribution < -0.4 is 10.1 Å². The first kappa shape index (κ1) is 16.3. The summed E-state index contributed by atoms with van der Waals surface area (Å²) in [5, 5.41) is 3.62. The standard InChI is InChI=1S/C18H30N2O/c1-5-20(17-8-9-17)13-12-19-15(4)16-6-10-18(11-7-16)21-14(2)3/h6-7,10-11,14-15,17,19H,5,8-9,12-13H2,1-4H3. The van der Waals surface area contributed by atoms with Crippen molar-refractivity contribution < 1.29 is 4.74 Å². The van der Waals surface area contributed by atoms with Crippen molar-refractivity contribution in [1.29, 1.82) is 0 Å². The van der Waals surface area contributed by atoms with Crippen molar-refractivity contribution in [2.45, 2.75) is 58.7 Å². The lowest BCUT2D eigenvalue weighted by Crippen LogP contribution is -2.34. The van der Waals surface area contributed by atoms with Crippen LogP contribution in [0.4, 0.5) is 0 Å². The average Bonchev–Trinajstić information content (AvgIpc) is 3.28. The van der Waals surface area contributed by atoms with Gasteiger partial charge < -0.3 is 10.1 Å². The van der Waals surface area contributed by atoms with Gasteiger partial charge in [-0.1, -0.05) is 19.1 Å². The third kappa shape index (κ3) is 5.33. The zero-order valence-corrected chi connectivity index (χ0v) is 13.9. The molecule has 21 heavy (non-hydrogen) atoms. The Morgan fingerprint density at radius 1 is 1.19 bits per heavy atom. The Morgan fingerprint density at radius 2 is 1.86 bits per heavy atom. The molecule has 0 heterocycles. The Labute approximate surface area is 129 Å². The SMILES string of the molecule is CCN(CCNC(C)c1ccc(OC(C)C)cc1)C1CC1. The number of nitrogens with one attached hydrogen (secondary N) is 1. The van der Waals surface area contributed by atoms with Gasteiger partial charge in [-0.25, -0.2) is 0 Å².